The molecule has 0 atom stereocenters. The van der Waals surface area contributed by atoms with Crippen LogP contribution in [0.2, 0.25) is 0 Å². The van der Waals surface area contributed by atoms with Gasteiger partial charge in [0.05, 0.1) is 0 Å². The summed E-state index contributed by atoms with van der Waals surface area (Å²) < 4.78 is 0.971. The highest BCUT2D eigenvalue weighted by Gasteiger charge is 2.12. The third-order valence-electron chi connectivity index (χ3n) is 2.65. The first kappa shape index (κ1) is 13.5. The molecule has 2 rings (SSSR count). The molecule has 5 heteroatoms. The first-order valence-electron chi connectivity index (χ1n) is 5.75. The average molecular weight is 321 g/mol. The lowest BCUT2D eigenvalue weighted by Crippen LogP contribution is -2.28. The zero-order valence-electron chi connectivity index (χ0n) is 10.4. The Kier molecular flexibility index (Phi) is 4.16. The molecule has 0 aliphatic rings. The van der Waals surface area contributed by atoms with Crippen LogP contribution in [0, 0.1) is 0 Å². The van der Waals surface area contributed by atoms with Crippen LogP contribution >= 0.6 is 15.9 Å². The van der Waals surface area contributed by atoms with Gasteiger partial charge in [-0.05, 0) is 23.8 Å². The minimum absolute atomic E-state index is 0.210. The van der Waals surface area contributed by atoms with Crippen molar-refractivity contribution in [3.05, 3.63) is 68.5 Å². The van der Waals surface area contributed by atoms with Crippen LogP contribution in [0.15, 0.2) is 51.7 Å². The third-order valence-corrected chi connectivity index (χ3v) is 3.15. The number of hydrogen-bond acceptors (Lipinski definition) is 2. The molecule has 1 aromatic heterocycles. The van der Waals surface area contributed by atoms with Crippen molar-refractivity contribution in [1.29, 1.82) is 0 Å². The van der Waals surface area contributed by atoms with E-state index in [1.807, 2.05) is 24.3 Å². The number of carbonyl (C=O) groups excluding carboxylic acids is 1. The summed E-state index contributed by atoms with van der Waals surface area (Å²) in [5.74, 6) is -0.210. The lowest BCUT2D eigenvalue weighted by atomic mass is 10.2. The summed E-state index contributed by atoms with van der Waals surface area (Å²) in [6.45, 7) is 0.481. The smallest absolute Gasteiger partial charge is 0.270 e. The Hall–Kier alpha value is -1.88. The predicted molar refractivity (Wildman–Crippen MR) is 77.0 cm³/mol. The number of nitrogens with zero attached hydrogens (tertiary/aromatic N) is 1. The third kappa shape index (κ3) is 3.54. The fraction of sp³-hybridized carbons (Fsp3) is 0.143. The van der Waals surface area contributed by atoms with E-state index in [9.17, 15) is 9.59 Å². The van der Waals surface area contributed by atoms with E-state index in [-0.39, 0.29) is 11.5 Å². The Morgan fingerprint density at radius 1 is 1.26 bits per heavy atom. The Balaban J connectivity index is 2.14. The fourth-order valence-corrected chi connectivity index (χ4v) is 2.21. The van der Waals surface area contributed by atoms with Gasteiger partial charge in [-0.2, -0.15) is 0 Å². The molecule has 1 N–H and O–H groups in total. The summed E-state index contributed by atoms with van der Waals surface area (Å²) in [5, 5.41) is 0. The molecule has 0 bridgehead atoms. The summed E-state index contributed by atoms with van der Waals surface area (Å²) in [5.41, 5.74) is 1.04. The molecule has 1 amide bonds. The molecule has 1 heterocycles. The van der Waals surface area contributed by atoms with Gasteiger partial charge in [0.2, 0.25) is 5.56 Å². The molecule has 98 valence electrons. The van der Waals surface area contributed by atoms with Crippen LogP contribution in [0.5, 0.6) is 0 Å². The number of carbonyl (C=O) groups is 1. The number of halogens is 1. The Morgan fingerprint density at radius 2 is 2.00 bits per heavy atom. The van der Waals surface area contributed by atoms with Gasteiger partial charge in [0.25, 0.3) is 5.91 Å². The standard InChI is InChI=1S/C14H13BrN2O2/c1-17(9-10-4-2-5-11(15)8-10)14(19)12-6-3-7-13(18)16-12/h2-8H,9H2,1H3,(H,16,18). The highest BCUT2D eigenvalue weighted by molar-refractivity contribution is 9.10. The number of hydrogen-bond donors (Lipinski definition) is 1. The normalized spacial score (nSPS) is 10.2. The second-order valence-electron chi connectivity index (χ2n) is 4.22. The number of benzene rings is 1. The molecule has 4 nitrogen and oxygen atoms in total. The summed E-state index contributed by atoms with van der Waals surface area (Å²) in [7, 11) is 1.70. The van der Waals surface area contributed by atoms with Gasteiger partial charge in [-0.3, -0.25) is 9.59 Å². The van der Waals surface area contributed by atoms with Crippen LogP contribution in [0.3, 0.4) is 0 Å². The predicted octanol–water partition coefficient (Wildman–Crippen LogP) is 2.41. The van der Waals surface area contributed by atoms with Gasteiger partial charge < -0.3 is 9.88 Å². The SMILES string of the molecule is CN(Cc1cccc(Br)c1)C(=O)c1cccc(=O)[nH]1. The number of H-pyrrole nitrogens is 1. The van der Waals surface area contributed by atoms with Gasteiger partial charge >= 0.3 is 0 Å². The summed E-state index contributed by atoms with van der Waals surface area (Å²) in [6, 6.07) is 12.3. The first-order chi connectivity index (χ1) is 9.06. The van der Waals surface area contributed by atoms with Gasteiger partial charge in [-0.15, -0.1) is 0 Å². The van der Waals surface area contributed by atoms with Crippen molar-refractivity contribution < 1.29 is 4.79 Å². The van der Waals surface area contributed by atoms with Crippen LogP contribution in [0.25, 0.3) is 0 Å². The number of rotatable bonds is 3. The maximum Gasteiger partial charge on any atom is 0.270 e. The van der Waals surface area contributed by atoms with E-state index in [1.165, 1.54) is 6.07 Å². The van der Waals surface area contributed by atoms with Crippen molar-refractivity contribution in [3.8, 4) is 0 Å². The molecule has 0 fully saturated rings. The van der Waals surface area contributed by atoms with E-state index >= 15 is 0 Å². The molecule has 0 aliphatic heterocycles. The number of pyridine rings is 1. The maximum absolute atomic E-state index is 12.1. The molecule has 1 aromatic carbocycles. The Labute approximate surface area is 119 Å². The van der Waals surface area contributed by atoms with Gasteiger partial charge in [0.15, 0.2) is 0 Å². The maximum atomic E-state index is 12.1. The van der Waals surface area contributed by atoms with Crippen molar-refractivity contribution in [2.24, 2.45) is 0 Å². The fourth-order valence-electron chi connectivity index (χ4n) is 1.76. The van der Waals surface area contributed by atoms with Crippen LogP contribution in [0.4, 0.5) is 0 Å². The molecule has 19 heavy (non-hydrogen) atoms. The highest BCUT2D eigenvalue weighted by Crippen LogP contribution is 2.13. The molecule has 0 aliphatic carbocycles. The van der Waals surface area contributed by atoms with E-state index in [2.05, 4.69) is 20.9 Å². The van der Waals surface area contributed by atoms with Crippen molar-refractivity contribution in [1.82, 2.24) is 9.88 Å². The molecule has 0 spiro atoms. The van der Waals surface area contributed by atoms with Crippen LogP contribution in [-0.2, 0) is 6.54 Å². The minimum atomic E-state index is -0.276. The molecule has 0 saturated carbocycles. The highest BCUT2D eigenvalue weighted by atomic mass is 79.9. The topological polar surface area (TPSA) is 53.2 Å². The average Bonchev–Trinajstić information content (AvgIpc) is 2.38. The number of amides is 1. The quantitative estimate of drug-likeness (QED) is 0.944. The Bertz CT molecular complexity index is 652. The van der Waals surface area contributed by atoms with Crippen LogP contribution < -0.4 is 5.56 Å². The summed E-state index contributed by atoms with van der Waals surface area (Å²) in [6.07, 6.45) is 0. The lowest BCUT2D eigenvalue weighted by Gasteiger charge is -2.17. The summed E-state index contributed by atoms with van der Waals surface area (Å²) >= 11 is 3.39. The zero-order valence-corrected chi connectivity index (χ0v) is 12.0. The van der Waals surface area contributed by atoms with E-state index in [0.717, 1.165) is 10.0 Å². The second kappa shape index (κ2) is 5.84. The first-order valence-corrected chi connectivity index (χ1v) is 6.55. The van der Waals surface area contributed by atoms with Crippen LogP contribution in [0.1, 0.15) is 16.1 Å². The van der Waals surface area contributed by atoms with E-state index < -0.39 is 0 Å². The molecule has 0 saturated heterocycles. The minimum Gasteiger partial charge on any atom is -0.336 e. The summed E-state index contributed by atoms with van der Waals surface area (Å²) in [4.78, 5) is 27.4. The van der Waals surface area contributed by atoms with Crippen LogP contribution in [-0.4, -0.2) is 22.8 Å². The van der Waals surface area contributed by atoms with Crippen molar-refractivity contribution in [2.75, 3.05) is 7.05 Å². The van der Waals surface area contributed by atoms with Gasteiger partial charge in [0, 0.05) is 24.1 Å². The van der Waals surface area contributed by atoms with Crippen molar-refractivity contribution >= 4 is 21.8 Å². The molecule has 0 unspecified atom stereocenters. The van der Waals surface area contributed by atoms with Crippen molar-refractivity contribution in [3.63, 3.8) is 0 Å². The molecule has 2 aromatic rings. The second-order valence-corrected chi connectivity index (χ2v) is 5.14. The van der Waals surface area contributed by atoms with Gasteiger partial charge in [-0.1, -0.05) is 34.1 Å². The number of aromatic nitrogens is 1. The van der Waals surface area contributed by atoms with Gasteiger partial charge in [-0.25, -0.2) is 0 Å². The van der Waals surface area contributed by atoms with E-state index in [4.69, 9.17) is 0 Å². The van der Waals surface area contributed by atoms with Crippen molar-refractivity contribution in [2.45, 2.75) is 6.54 Å². The Morgan fingerprint density at radius 3 is 2.68 bits per heavy atom. The molecule has 0 radical (unpaired) electrons. The monoisotopic (exact) mass is 320 g/mol. The number of nitrogens with one attached hydrogen (secondary N) is 1. The lowest BCUT2D eigenvalue weighted by molar-refractivity contribution is 0.0779. The number of aromatic amines is 1. The molecular formula is C14H13BrN2O2. The molecular weight excluding hydrogens is 308 g/mol. The van der Waals surface area contributed by atoms with E-state index in [1.54, 1.807) is 24.1 Å². The zero-order chi connectivity index (χ0) is 13.8. The largest absolute Gasteiger partial charge is 0.336 e. The van der Waals surface area contributed by atoms with Gasteiger partial charge in [0.1, 0.15) is 5.69 Å². The van der Waals surface area contributed by atoms with E-state index in [0.29, 0.717) is 12.2 Å².